The van der Waals surface area contributed by atoms with Gasteiger partial charge in [0.25, 0.3) is 0 Å². The third kappa shape index (κ3) is 4.71. The van der Waals surface area contributed by atoms with Crippen molar-refractivity contribution in [1.82, 2.24) is 4.98 Å². The zero-order chi connectivity index (χ0) is 21.0. The molecule has 0 aliphatic heterocycles. The molecule has 1 aromatic carbocycles. The normalized spacial score (nSPS) is 12.3. The number of esters is 1. The Morgan fingerprint density at radius 2 is 2.07 bits per heavy atom. The van der Waals surface area contributed by atoms with E-state index in [-0.39, 0.29) is 11.3 Å². The molecule has 152 valence electrons. The Kier molecular flexibility index (Phi) is 6.44. The highest BCUT2D eigenvalue weighted by atomic mass is 16.5. The Hall–Kier alpha value is -2.99. The number of pyridine rings is 1. The molecule has 0 amide bonds. The molecule has 0 aliphatic carbocycles. The summed E-state index contributed by atoms with van der Waals surface area (Å²) in [6.45, 7) is 6.02. The number of nitrogens with zero attached hydrogens (tertiary/aromatic N) is 1. The lowest BCUT2D eigenvalue weighted by Gasteiger charge is -2.15. The number of hydrogen-bond acceptors (Lipinski definition) is 6. The first-order valence-corrected chi connectivity index (χ1v) is 9.87. The Bertz CT molecular complexity index is 1060. The van der Waals surface area contributed by atoms with Gasteiger partial charge in [0, 0.05) is 12.3 Å². The van der Waals surface area contributed by atoms with Crippen molar-refractivity contribution in [3.8, 4) is 17.0 Å². The van der Waals surface area contributed by atoms with Gasteiger partial charge in [0.05, 0.1) is 16.6 Å². The molecule has 0 fully saturated rings. The minimum Gasteiger partial charge on any atom is -0.463 e. The van der Waals surface area contributed by atoms with Gasteiger partial charge in [-0.05, 0) is 42.5 Å². The highest BCUT2D eigenvalue weighted by Gasteiger charge is 2.20. The summed E-state index contributed by atoms with van der Waals surface area (Å²) < 4.78 is 11.3. The molecule has 1 atom stereocenters. The van der Waals surface area contributed by atoms with Gasteiger partial charge in [-0.2, -0.15) is 0 Å². The summed E-state index contributed by atoms with van der Waals surface area (Å²) in [7, 11) is 0. The lowest BCUT2D eigenvalue weighted by Crippen LogP contribution is -2.35. The summed E-state index contributed by atoms with van der Waals surface area (Å²) >= 11 is 0. The van der Waals surface area contributed by atoms with E-state index in [4.69, 9.17) is 14.9 Å². The molecule has 3 aromatic rings. The number of carbonyl (C=O) groups excluding carboxylic acids is 1. The fourth-order valence-electron chi connectivity index (χ4n) is 3.25. The molecule has 0 radical (unpaired) electrons. The number of fused-ring (bicyclic) bond motifs is 1. The van der Waals surface area contributed by atoms with E-state index in [1.54, 1.807) is 30.5 Å². The monoisotopic (exact) mass is 394 g/mol. The lowest BCUT2D eigenvalue weighted by molar-refractivity contribution is -0.136. The van der Waals surface area contributed by atoms with E-state index in [9.17, 15) is 9.59 Å². The van der Waals surface area contributed by atoms with Crippen LogP contribution in [0.2, 0.25) is 0 Å². The Labute approximate surface area is 169 Å². The average molecular weight is 394 g/mol. The van der Waals surface area contributed by atoms with Crippen LogP contribution in [0.4, 0.5) is 0 Å². The molecule has 0 spiro atoms. The zero-order valence-electron chi connectivity index (χ0n) is 17.0. The molecule has 0 unspecified atom stereocenters. The number of aromatic nitrogens is 1. The number of rotatable bonds is 7. The summed E-state index contributed by atoms with van der Waals surface area (Å²) in [5, 5.41) is 0.433. The number of carbonyl (C=O) groups is 1. The van der Waals surface area contributed by atoms with Crippen molar-refractivity contribution in [3.63, 3.8) is 0 Å². The Balaban J connectivity index is 2.03. The molecule has 2 N–H and O–H groups in total. The molecule has 6 heteroatoms. The summed E-state index contributed by atoms with van der Waals surface area (Å²) in [6.07, 6.45) is 5.05. The maximum Gasteiger partial charge on any atom is 0.328 e. The second-order valence-corrected chi connectivity index (χ2v) is 7.56. The van der Waals surface area contributed by atoms with Gasteiger partial charge in [-0.1, -0.05) is 33.3 Å². The van der Waals surface area contributed by atoms with Crippen LogP contribution in [0.1, 0.15) is 39.2 Å². The van der Waals surface area contributed by atoms with Gasteiger partial charge >= 0.3 is 5.97 Å². The molecule has 2 heterocycles. The molecule has 3 rings (SSSR count). The van der Waals surface area contributed by atoms with Gasteiger partial charge < -0.3 is 14.9 Å². The van der Waals surface area contributed by atoms with E-state index in [1.807, 2.05) is 26.8 Å². The number of hydrogen-bond donors (Lipinski definition) is 1. The van der Waals surface area contributed by atoms with Crippen molar-refractivity contribution in [2.75, 3.05) is 0 Å². The minimum atomic E-state index is -0.696. The van der Waals surface area contributed by atoms with Crippen LogP contribution >= 0.6 is 0 Å². The summed E-state index contributed by atoms with van der Waals surface area (Å²) in [5.41, 5.74) is 7.86. The molecular formula is C23H26N2O4. The fourth-order valence-corrected chi connectivity index (χ4v) is 3.25. The first-order chi connectivity index (χ1) is 13.9. The number of nitrogens with two attached hydrogens (primary N) is 1. The SMILES string of the molecule is CCCc1cc2c(=O)c(-c3ccccn3)coc2cc1OC(=O)[C@H](N)CC(C)C. The van der Waals surface area contributed by atoms with Crippen molar-refractivity contribution in [1.29, 1.82) is 0 Å². The van der Waals surface area contributed by atoms with Gasteiger partial charge in [0.2, 0.25) is 5.43 Å². The predicted octanol–water partition coefficient (Wildman–Crippen LogP) is 4.09. The number of aryl methyl sites for hydroxylation is 1. The molecule has 0 saturated carbocycles. The molecular weight excluding hydrogens is 368 g/mol. The maximum atomic E-state index is 13.0. The van der Waals surface area contributed by atoms with Crippen molar-refractivity contribution >= 4 is 16.9 Å². The molecule has 29 heavy (non-hydrogen) atoms. The van der Waals surface area contributed by atoms with Crippen molar-refractivity contribution in [2.45, 2.75) is 46.1 Å². The van der Waals surface area contributed by atoms with E-state index in [0.29, 0.717) is 40.8 Å². The van der Waals surface area contributed by atoms with Crippen LogP contribution in [-0.4, -0.2) is 17.0 Å². The topological polar surface area (TPSA) is 95.4 Å². The quantitative estimate of drug-likeness (QED) is 0.479. The Morgan fingerprint density at radius 1 is 1.28 bits per heavy atom. The van der Waals surface area contributed by atoms with Crippen molar-refractivity contribution in [3.05, 3.63) is 58.6 Å². The molecule has 2 aromatic heterocycles. The highest BCUT2D eigenvalue weighted by molar-refractivity contribution is 5.85. The van der Waals surface area contributed by atoms with Crippen LogP contribution in [0.15, 0.2) is 52.0 Å². The van der Waals surface area contributed by atoms with E-state index in [2.05, 4.69) is 4.98 Å². The summed E-state index contributed by atoms with van der Waals surface area (Å²) in [4.78, 5) is 29.7. The van der Waals surface area contributed by atoms with Crippen LogP contribution in [-0.2, 0) is 11.2 Å². The third-order valence-electron chi connectivity index (χ3n) is 4.65. The molecule has 0 aliphatic rings. The predicted molar refractivity (Wildman–Crippen MR) is 113 cm³/mol. The van der Waals surface area contributed by atoms with Gasteiger partial charge in [0.1, 0.15) is 23.6 Å². The van der Waals surface area contributed by atoms with E-state index in [1.165, 1.54) is 6.26 Å². The Morgan fingerprint density at radius 3 is 2.72 bits per heavy atom. The zero-order valence-corrected chi connectivity index (χ0v) is 17.0. The summed E-state index contributed by atoms with van der Waals surface area (Å²) in [6, 6.07) is 8.02. The number of ether oxygens (including phenoxy) is 1. The summed E-state index contributed by atoms with van der Waals surface area (Å²) in [5.74, 6) is 0.187. The lowest BCUT2D eigenvalue weighted by atomic mass is 10.0. The second kappa shape index (κ2) is 9.01. The van der Waals surface area contributed by atoms with Crippen LogP contribution in [0, 0.1) is 5.92 Å². The maximum absolute atomic E-state index is 13.0. The molecule has 0 saturated heterocycles. The first kappa shape index (κ1) is 20.7. The van der Waals surface area contributed by atoms with Crippen LogP contribution in [0.3, 0.4) is 0 Å². The van der Waals surface area contributed by atoms with Crippen molar-refractivity contribution in [2.24, 2.45) is 11.7 Å². The second-order valence-electron chi connectivity index (χ2n) is 7.56. The van der Waals surface area contributed by atoms with Crippen LogP contribution in [0.5, 0.6) is 5.75 Å². The average Bonchev–Trinajstić information content (AvgIpc) is 2.69. The number of benzene rings is 1. The fraction of sp³-hybridized carbons (Fsp3) is 0.348. The standard InChI is InChI=1S/C23H26N2O4/c1-4-7-15-11-16-21(12-20(15)29-23(27)18(24)10-14(2)3)28-13-17(22(16)26)19-8-5-6-9-25-19/h5-6,8-9,11-14,18H,4,7,10,24H2,1-3H3/t18-/m1/s1. The van der Waals surface area contributed by atoms with Crippen LogP contribution in [0.25, 0.3) is 22.2 Å². The molecule has 0 bridgehead atoms. The van der Waals surface area contributed by atoms with Gasteiger partial charge in [0.15, 0.2) is 0 Å². The largest absolute Gasteiger partial charge is 0.463 e. The highest BCUT2D eigenvalue weighted by Crippen LogP contribution is 2.28. The smallest absolute Gasteiger partial charge is 0.328 e. The van der Waals surface area contributed by atoms with Crippen LogP contribution < -0.4 is 15.9 Å². The van der Waals surface area contributed by atoms with Crippen molar-refractivity contribution < 1.29 is 13.9 Å². The van der Waals surface area contributed by atoms with E-state index in [0.717, 1.165) is 12.0 Å². The van der Waals surface area contributed by atoms with Gasteiger partial charge in [-0.3, -0.25) is 9.78 Å². The van der Waals surface area contributed by atoms with E-state index >= 15 is 0 Å². The first-order valence-electron chi connectivity index (χ1n) is 9.87. The van der Waals surface area contributed by atoms with Gasteiger partial charge in [-0.15, -0.1) is 0 Å². The van der Waals surface area contributed by atoms with Gasteiger partial charge in [-0.25, -0.2) is 4.79 Å². The third-order valence-corrected chi connectivity index (χ3v) is 4.65. The molecule has 6 nitrogen and oxygen atoms in total. The van der Waals surface area contributed by atoms with E-state index < -0.39 is 12.0 Å². The minimum absolute atomic E-state index is 0.170.